The zero-order valence-corrected chi connectivity index (χ0v) is 14.7. The molecule has 0 radical (unpaired) electrons. The molecule has 4 nitrogen and oxygen atoms in total. The van der Waals surface area contributed by atoms with Gasteiger partial charge in [0.2, 0.25) is 5.91 Å². The van der Waals surface area contributed by atoms with Crippen molar-refractivity contribution >= 4 is 11.6 Å². The smallest absolute Gasteiger partial charge is 0.247 e. The molecule has 3 aromatic rings. The van der Waals surface area contributed by atoms with Gasteiger partial charge in [0.15, 0.2) is 0 Å². The number of methoxy groups -OCH3 is 1. The molecule has 0 spiro atoms. The first-order valence-corrected chi connectivity index (χ1v) is 8.53. The number of carbonyl (C=O) groups is 1. The largest absolute Gasteiger partial charge is 0.497 e. The standard InChI is InChI=1S/C22H22N2O2/c1-26-20-14-12-19(13-15-20)24-21(18-10-6-3-7-11-18)22(25)23-16-17-8-4-2-5-9-17/h2-15,21,24H,16H2,1H3,(H,23,25)/t21-/m1/s1. The molecule has 26 heavy (non-hydrogen) atoms. The Balaban J connectivity index is 1.75. The minimum Gasteiger partial charge on any atom is -0.497 e. The highest BCUT2D eigenvalue weighted by Crippen LogP contribution is 2.22. The molecular formula is C22H22N2O2. The van der Waals surface area contributed by atoms with Crippen LogP contribution in [0.2, 0.25) is 0 Å². The van der Waals surface area contributed by atoms with E-state index in [4.69, 9.17) is 4.74 Å². The van der Waals surface area contributed by atoms with Crippen LogP contribution in [0.15, 0.2) is 84.9 Å². The van der Waals surface area contributed by atoms with E-state index in [1.807, 2.05) is 84.9 Å². The fourth-order valence-corrected chi connectivity index (χ4v) is 2.69. The molecule has 1 amide bonds. The molecule has 0 saturated carbocycles. The van der Waals surface area contributed by atoms with Gasteiger partial charge in [0, 0.05) is 12.2 Å². The van der Waals surface area contributed by atoms with Gasteiger partial charge in [0.1, 0.15) is 11.8 Å². The van der Waals surface area contributed by atoms with Gasteiger partial charge in [-0.3, -0.25) is 4.79 Å². The summed E-state index contributed by atoms with van der Waals surface area (Å²) >= 11 is 0. The van der Waals surface area contributed by atoms with Gasteiger partial charge in [-0.25, -0.2) is 0 Å². The number of anilines is 1. The number of hydrogen-bond acceptors (Lipinski definition) is 3. The molecule has 4 heteroatoms. The molecule has 0 fully saturated rings. The molecule has 1 atom stereocenters. The topological polar surface area (TPSA) is 50.4 Å². The highest BCUT2D eigenvalue weighted by Gasteiger charge is 2.20. The van der Waals surface area contributed by atoms with Crippen LogP contribution in [0.3, 0.4) is 0 Å². The molecule has 0 aliphatic carbocycles. The molecule has 2 N–H and O–H groups in total. The average Bonchev–Trinajstić information content (AvgIpc) is 2.72. The third-order valence-corrected chi connectivity index (χ3v) is 4.11. The Kier molecular flexibility index (Phi) is 5.88. The first-order chi connectivity index (χ1) is 12.8. The number of carbonyl (C=O) groups excluding carboxylic acids is 1. The Morgan fingerprint density at radius 3 is 2.12 bits per heavy atom. The van der Waals surface area contributed by atoms with E-state index in [1.165, 1.54) is 0 Å². The van der Waals surface area contributed by atoms with Crippen LogP contribution in [-0.2, 0) is 11.3 Å². The SMILES string of the molecule is COc1ccc(N[C@@H](C(=O)NCc2ccccc2)c2ccccc2)cc1. The summed E-state index contributed by atoms with van der Waals surface area (Å²) in [6, 6.07) is 26.6. The minimum atomic E-state index is -0.478. The van der Waals surface area contributed by atoms with E-state index in [0.717, 1.165) is 22.6 Å². The molecule has 0 aliphatic rings. The van der Waals surface area contributed by atoms with E-state index in [9.17, 15) is 4.79 Å². The van der Waals surface area contributed by atoms with Crippen molar-refractivity contribution in [1.82, 2.24) is 5.32 Å². The maximum absolute atomic E-state index is 12.8. The van der Waals surface area contributed by atoms with E-state index in [-0.39, 0.29) is 5.91 Å². The van der Waals surface area contributed by atoms with Crippen molar-refractivity contribution < 1.29 is 9.53 Å². The van der Waals surface area contributed by atoms with Crippen LogP contribution in [0.5, 0.6) is 5.75 Å². The van der Waals surface area contributed by atoms with Gasteiger partial charge in [-0.1, -0.05) is 60.7 Å². The first-order valence-electron chi connectivity index (χ1n) is 8.53. The second-order valence-electron chi connectivity index (χ2n) is 5.92. The summed E-state index contributed by atoms with van der Waals surface area (Å²) in [7, 11) is 1.63. The van der Waals surface area contributed by atoms with Gasteiger partial charge >= 0.3 is 0 Å². The van der Waals surface area contributed by atoms with Crippen LogP contribution >= 0.6 is 0 Å². The summed E-state index contributed by atoms with van der Waals surface area (Å²) in [5, 5.41) is 6.33. The van der Waals surface area contributed by atoms with Crippen LogP contribution in [0.1, 0.15) is 17.2 Å². The van der Waals surface area contributed by atoms with Crippen molar-refractivity contribution in [2.45, 2.75) is 12.6 Å². The molecule has 0 aliphatic heterocycles. The van der Waals surface area contributed by atoms with E-state index >= 15 is 0 Å². The maximum atomic E-state index is 12.8. The maximum Gasteiger partial charge on any atom is 0.247 e. The summed E-state index contributed by atoms with van der Waals surface area (Å²) in [6.07, 6.45) is 0. The van der Waals surface area contributed by atoms with Crippen LogP contribution in [0.25, 0.3) is 0 Å². The van der Waals surface area contributed by atoms with Crippen molar-refractivity contribution in [2.24, 2.45) is 0 Å². The third kappa shape index (κ3) is 4.63. The van der Waals surface area contributed by atoms with Gasteiger partial charge < -0.3 is 15.4 Å². The van der Waals surface area contributed by atoms with Gasteiger partial charge in [-0.2, -0.15) is 0 Å². The summed E-state index contributed by atoms with van der Waals surface area (Å²) in [5.41, 5.74) is 2.83. The lowest BCUT2D eigenvalue weighted by Gasteiger charge is -2.20. The number of nitrogens with one attached hydrogen (secondary N) is 2. The number of ether oxygens (including phenoxy) is 1. The Bertz CT molecular complexity index is 818. The average molecular weight is 346 g/mol. The molecule has 3 aromatic carbocycles. The van der Waals surface area contributed by atoms with Gasteiger partial charge in [0.05, 0.1) is 7.11 Å². The number of benzene rings is 3. The van der Waals surface area contributed by atoms with E-state index in [0.29, 0.717) is 6.54 Å². The monoisotopic (exact) mass is 346 g/mol. The zero-order valence-electron chi connectivity index (χ0n) is 14.7. The summed E-state index contributed by atoms with van der Waals surface area (Å²) in [6.45, 7) is 0.493. The molecule has 132 valence electrons. The van der Waals surface area contributed by atoms with Crippen LogP contribution in [0, 0.1) is 0 Å². The summed E-state index contributed by atoms with van der Waals surface area (Å²) in [4.78, 5) is 12.8. The second kappa shape index (κ2) is 8.72. The molecule has 0 unspecified atom stereocenters. The Morgan fingerprint density at radius 2 is 1.50 bits per heavy atom. The quantitative estimate of drug-likeness (QED) is 0.675. The second-order valence-corrected chi connectivity index (χ2v) is 5.92. The Labute approximate surface area is 153 Å². The van der Waals surface area contributed by atoms with E-state index in [2.05, 4.69) is 10.6 Å². The number of rotatable bonds is 7. The Morgan fingerprint density at radius 1 is 0.885 bits per heavy atom. The molecular weight excluding hydrogens is 324 g/mol. The lowest BCUT2D eigenvalue weighted by Crippen LogP contribution is -2.33. The summed E-state index contributed by atoms with van der Waals surface area (Å²) in [5.74, 6) is 0.705. The van der Waals surface area contributed by atoms with Gasteiger partial charge in [-0.05, 0) is 35.4 Å². The summed E-state index contributed by atoms with van der Waals surface area (Å²) < 4.78 is 5.19. The van der Waals surface area contributed by atoms with Crippen molar-refractivity contribution in [3.05, 3.63) is 96.1 Å². The zero-order chi connectivity index (χ0) is 18.2. The fourth-order valence-electron chi connectivity index (χ4n) is 2.69. The van der Waals surface area contributed by atoms with Crippen LogP contribution in [0.4, 0.5) is 5.69 Å². The molecule has 0 heterocycles. The van der Waals surface area contributed by atoms with Crippen molar-refractivity contribution in [3.8, 4) is 5.75 Å². The molecule has 0 saturated heterocycles. The lowest BCUT2D eigenvalue weighted by molar-refractivity contribution is -0.122. The molecule has 0 aromatic heterocycles. The number of amides is 1. The van der Waals surface area contributed by atoms with Crippen molar-refractivity contribution in [3.63, 3.8) is 0 Å². The number of hydrogen-bond donors (Lipinski definition) is 2. The van der Waals surface area contributed by atoms with E-state index in [1.54, 1.807) is 7.11 Å². The third-order valence-electron chi connectivity index (χ3n) is 4.11. The van der Waals surface area contributed by atoms with Crippen molar-refractivity contribution in [2.75, 3.05) is 12.4 Å². The highest BCUT2D eigenvalue weighted by molar-refractivity contribution is 5.86. The lowest BCUT2D eigenvalue weighted by atomic mass is 10.1. The van der Waals surface area contributed by atoms with Crippen molar-refractivity contribution in [1.29, 1.82) is 0 Å². The van der Waals surface area contributed by atoms with Crippen LogP contribution in [-0.4, -0.2) is 13.0 Å². The predicted molar refractivity (Wildman–Crippen MR) is 104 cm³/mol. The fraction of sp³-hybridized carbons (Fsp3) is 0.136. The molecule has 0 bridgehead atoms. The van der Waals surface area contributed by atoms with Crippen LogP contribution < -0.4 is 15.4 Å². The predicted octanol–water partition coefficient (Wildman–Crippen LogP) is 4.16. The highest BCUT2D eigenvalue weighted by atomic mass is 16.5. The molecule has 3 rings (SSSR count). The van der Waals surface area contributed by atoms with E-state index < -0.39 is 6.04 Å². The van der Waals surface area contributed by atoms with Gasteiger partial charge in [-0.15, -0.1) is 0 Å². The first kappa shape index (κ1) is 17.5. The minimum absolute atomic E-state index is 0.0733. The van der Waals surface area contributed by atoms with Gasteiger partial charge in [0.25, 0.3) is 0 Å². The Hall–Kier alpha value is -3.27. The normalized spacial score (nSPS) is 11.4.